The van der Waals surface area contributed by atoms with Crippen molar-refractivity contribution in [2.75, 3.05) is 0 Å². The molecule has 118 valence electrons. The molecular formula is C18H35BSi2. The minimum atomic E-state index is -1.33. The van der Waals surface area contributed by atoms with Crippen molar-refractivity contribution < 1.29 is 0 Å². The second-order valence-corrected chi connectivity index (χ2v) is 17.7. The first-order valence-corrected chi connectivity index (χ1v) is 15.5. The molecule has 0 aliphatic carbocycles. The molecule has 0 bridgehead atoms. The van der Waals surface area contributed by atoms with Crippen molar-refractivity contribution in [1.29, 1.82) is 0 Å². The fraction of sp³-hybridized carbons (Fsp3) is 0.667. The van der Waals surface area contributed by atoms with E-state index in [1.165, 1.54) is 19.1 Å². The highest BCUT2D eigenvalue weighted by Crippen LogP contribution is 2.26. The van der Waals surface area contributed by atoms with Crippen molar-refractivity contribution in [2.45, 2.75) is 79.1 Å². The maximum Gasteiger partial charge on any atom is 0.169 e. The molecule has 0 aliphatic rings. The Bertz CT molecular complexity index is 433. The largest absolute Gasteiger partial charge is 0.169 e. The monoisotopic (exact) mass is 318 g/mol. The molecule has 0 atom stereocenters. The number of hydrogen-bond donors (Lipinski definition) is 0. The summed E-state index contributed by atoms with van der Waals surface area (Å²) in [5.74, 6) is 3.30. The lowest BCUT2D eigenvalue weighted by Crippen LogP contribution is -2.28. The summed E-state index contributed by atoms with van der Waals surface area (Å²) in [6.07, 6.45) is 8.14. The van der Waals surface area contributed by atoms with Crippen LogP contribution in [0.4, 0.5) is 0 Å². The summed E-state index contributed by atoms with van der Waals surface area (Å²) in [4.78, 5) is 0. The SMILES string of the molecule is CCB(CC)/C(CC)=C(/C=C/C#C[Si](C)(C)C)[Si](C)(C)C. The predicted molar refractivity (Wildman–Crippen MR) is 108 cm³/mol. The van der Waals surface area contributed by atoms with Crippen LogP contribution < -0.4 is 0 Å². The maximum atomic E-state index is 3.44. The van der Waals surface area contributed by atoms with E-state index in [0.717, 1.165) is 6.71 Å². The van der Waals surface area contributed by atoms with Gasteiger partial charge in [0.15, 0.2) is 6.71 Å². The molecule has 0 unspecified atom stereocenters. The predicted octanol–water partition coefficient (Wildman–Crippen LogP) is 6.08. The lowest BCUT2D eigenvalue weighted by molar-refractivity contribution is 1.14. The first-order chi connectivity index (χ1) is 9.56. The average molecular weight is 318 g/mol. The van der Waals surface area contributed by atoms with Gasteiger partial charge < -0.3 is 0 Å². The summed E-state index contributed by atoms with van der Waals surface area (Å²) in [6, 6.07) is 0. The molecule has 0 aromatic carbocycles. The molecule has 0 saturated carbocycles. The van der Waals surface area contributed by atoms with Gasteiger partial charge in [0.2, 0.25) is 0 Å². The topological polar surface area (TPSA) is 0 Å². The minimum absolute atomic E-state index is 0.742. The Morgan fingerprint density at radius 3 is 1.81 bits per heavy atom. The third-order valence-electron chi connectivity index (χ3n) is 3.79. The van der Waals surface area contributed by atoms with Gasteiger partial charge in [-0.15, -0.1) is 11.0 Å². The second kappa shape index (κ2) is 8.85. The molecule has 0 amide bonds. The van der Waals surface area contributed by atoms with E-state index in [9.17, 15) is 0 Å². The molecule has 0 aromatic rings. The van der Waals surface area contributed by atoms with Crippen molar-refractivity contribution in [3.63, 3.8) is 0 Å². The van der Waals surface area contributed by atoms with Crippen LogP contribution in [0.1, 0.15) is 27.2 Å². The molecule has 0 aliphatic heterocycles. The smallest absolute Gasteiger partial charge is 0.127 e. The van der Waals surface area contributed by atoms with E-state index in [2.05, 4.69) is 83.7 Å². The van der Waals surface area contributed by atoms with Crippen molar-refractivity contribution >= 4 is 22.9 Å². The van der Waals surface area contributed by atoms with Crippen LogP contribution in [0.2, 0.25) is 51.9 Å². The van der Waals surface area contributed by atoms with Crippen molar-refractivity contribution in [3.05, 3.63) is 22.8 Å². The summed E-state index contributed by atoms with van der Waals surface area (Å²) in [5.41, 5.74) is 5.12. The summed E-state index contributed by atoms with van der Waals surface area (Å²) in [5, 5.41) is 1.63. The van der Waals surface area contributed by atoms with Gasteiger partial charge in [-0.2, -0.15) is 0 Å². The van der Waals surface area contributed by atoms with E-state index in [0.29, 0.717) is 0 Å². The Balaban J connectivity index is 5.66. The summed E-state index contributed by atoms with van der Waals surface area (Å²) in [7, 11) is -2.59. The van der Waals surface area contributed by atoms with Gasteiger partial charge >= 0.3 is 0 Å². The zero-order valence-electron chi connectivity index (χ0n) is 15.9. The molecule has 0 fully saturated rings. The normalized spacial score (nSPS) is 13.8. The number of allylic oxidation sites excluding steroid dienone is 4. The third-order valence-corrected chi connectivity index (χ3v) is 6.79. The van der Waals surface area contributed by atoms with Gasteiger partial charge in [-0.1, -0.05) is 89.9 Å². The van der Waals surface area contributed by atoms with Gasteiger partial charge in [0.1, 0.15) is 8.07 Å². The lowest BCUT2D eigenvalue weighted by atomic mass is 9.40. The molecule has 0 aromatic heterocycles. The van der Waals surface area contributed by atoms with E-state index in [1.54, 1.807) is 10.7 Å². The molecule has 0 radical (unpaired) electrons. The standard InChI is InChI=1S/C18H35BSi2/c1-10-17(19(11-2)12-3)18(21(7,8)9)15-13-14-16-20(4,5)6/h13,15H,10-12H2,1-9H3/b15-13+,18-17-. The van der Waals surface area contributed by atoms with Crippen LogP contribution in [0.3, 0.4) is 0 Å². The van der Waals surface area contributed by atoms with Crippen molar-refractivity contribution in [1.82, 2.24) is 0 Å². The maximum absolute atomic E-state index is 3.44. The Labute approximate surface area is 136 Å². The Morgan fingerprint density at radius 2 is 1.48 bits per heavy atom. The lowest BCUT2D eigenvalue weighted by Gasteiger charge is -2.26. The zero-order chi connectivity index (χ0) is 16.7. The molecule has 0 heterocycles. The Hall–Kier alpha value is -0.461. The first-order valence-electron chi connectivity index (χ1n) is 8.49. The van der Waals surface area contributed by atoms with Crippen LogP contribution in [-0.2, 0) is 0 Å². The third kappa shape index (κ3) is 7.93. The van der Waals surface area contributed by atoms with Gasteiger partial charge in [-0.05, 0) is 12.5 Å². The second-order valence-electron chi connectivity index (χ2n) is 7.91. The highest BCUT2D eigenvalue weighted by molar-refractivity contribution is 6.86. The molecule has 0 saturated heterocycles. The molecule has 21 heavy (non-hydrogen) atoms. The molecule has 3 heteroatoms. The number of hydrogen-bond acceptors (Lipinski definition) is 0. The van der Waals surface area contributed by atoms with Crippen LogP contribution in [0.25, 0.3) is 0 Å². The fourth-order valence-corrected chi connectivity index (χ4v) is 5.15. The highest BCUT2D eigenvalue weighted by Gasteiger charge is 2.24. The fourth-order valence-electron chi connectivity index (χ4n) is 2.70. The van der Waals surface area contributed by atoms with Gasteiger partial charge in [0.25, 0.3) is 0 Å². The molecule has 0 nitrogen and oxygen atoms in total. The van der Waals surface area contributed by atoms with Crippen LogP contribution in [0.5, 0.6) is 0 Å². The van der Waals surface area contributed by atoms with Gasteiger partial charge in [0.05, 0.1) is 8.07 Å². The van der Waals surface area contributed by atoms with E-state index >= 15 is 0 Å². The van der Waals surface area contributed by atoms with E-state index in [-0.39, 0.29) is 0 Å². The first kappa shape index (κ1) is 20.5. The van der Waals surface area contributed by atoms with Gasteiger partial charge in [-0.25, -0.2) is 0 Å². The van der Waals surface area contributed by atoms with Crippen LogP contribution in [-0.4, -0.2) is 22.9 Å². The molecule has 0 spiro atoms. The molecule has 0 rings (SSSR count). The van der Waals surface area contributed by atoms with E-state index in [4.69, 9.17) is 0 Å². The van der Waals surface area contributed by atoms with Gasteiger partial charge in [0, 0.05) is 0 Å². The minimum Gasteiger partial charge on any atom is -0.127 e. The van der Waals surface area contributed by atoms with Gasteiger partial charge in [-0.3, -0.25) is 0 Å². The number of rotatable bonds is 6. The zero-order valence-corrected chi connectivity index (χ0v) is 17.9. The molecule has 0 N–H and O–H groups in total. The highest BCUT2D eigenvalue weighted by atomic mass is 28.3. The van der Waals surface area contributed by atoms with E-state index < -0.39 is 16.1 Å². The Kier molecular flexibility index (Phi) is 8.66. The average Bonchev–Trinajstić information content (AvgIpc) is 2.34. The summed E-state index contributed by atoms with van der Waals surface area (Å²) >= 11 is 0. The van der Waals surface area contributed by atoms with Crippen LogP contribution in [0, 0.1) is 11.5 Å². The van der Waals surface area contributed by atoms with Crippen LogP contribution >= 0.6 is 0 Å². The van der Waals surface area contributed by atoms with Crippen molar-refractivity contribution in [3.8, 4) is 11.5 Å². The summed E-state index contributed by atoms with van der Waals surface area (Å²) in [6.45, 7) is 22.0. The molecular weight excluding hydrogens is 283 g/mol. The quantitative estimate of drug-likeness (QED) is 0.316. The Morgan fingerprint density at radius 1 is 0.952 bits per heavy atom. The van der Waals surface area contributed by atoms with Crippen molar-refractivity contribution in [2.24, 2.45) is 0 Å². The van der Waals surface area contributed by atoms with E-state index in [1.807, 2.05) is 0 Å². The van der Waals surface area contributed by atoms with Crippen LogP contribution in [0.15, 0.2) is 22.8 Å². The summed E-state index contributed by atoms with van der Waals surface area (Å²) < 4.78 is 0.